The summed E-state index contributed by atoms with van der Waals surface area (Å²) in [6, 6.07) is 13.6. The molecule has 1 aliphatic rings. The first-order valence-electron chi connectivity index (χ1n) is 7.73. The molecule has 1 atom stereocenters. The summed E-state index contributed by atoms with van der Waals surface area (Å²) in [5, 5.41) is 4.39. The van der Waals surface area contributed by atoms with E-state index in [2.05, 4.69) is 5.32 Å². The van der Waals surface area contributed by atoms with E-state index in [1.165, 1.54) is 0 Å². The van der Waals surface area contributed by atoms with Crippen LogP contribution in [0.1, 0.15) is 18.4 Å². The molecule has 23 heavy (non-hydrogen) atoms. The summed E-state index contributed by atoms with van der Waals surface area (Å²) in [4.78, 5) is 0. The van der Waals surface area contributed by atoms with Crippen LogP contribution in [0.25, 0.3) is 0 Å². The van der Waals surface area contributed by atoms with Crippen molar-refractivity contribution in [3.05, 3.63) is 58.1 Å². The minimum Gasteiger partial charge on any atom is -0.491 e. The number of ether oxygens (including phenoxy) is 2. The van der Waals surface area contributed by atoms with E-state index in [0.717, 1.165) is 36.4 Å². The summed E-state index contributed by atoms with van der Waals surface area (Å²) >= 11 is 12.2. The average Bonchev–Trinajstić information content (AvgIpc) is 3.09. The van der Waals surface area contributed by atoms with Crippen LogP contribution >= 0.6 is 23.2 Å². The molecule has 1 unspecified atom stereocenters. The van der Waals surface area contributed by atoms with Crippen molar-refractivity contribution in [2.75, 3.05) is 18.5 Å². The van der Waals surface area contributed by atoms with Gasteiger partial charge in [0.15, 0.2) is 0 Å². The number of hydrogen-bond donors (Lipinski definition) is 1. The Balaban J connectivity index is 1.51. The zero-order valence-electron chi connectivity index (χ0n) is 12.7. The highest BCUT2D eigenvalue weighted by Crippen LogP contribution is 2.29. The first-order valence-corrected chi connectivity index (χ1v) is 8.49. The standard InChI is InChI=1S/C18H19Cl2NO2/c19-16-4-1-5-17(18(16)20)21-11-13-6-8-14(9-7-13)23-12-15-3-2-10-22-15/h1,4-9,15,21H,2-3,10-12H2. The molecule has 0 amide bonds. The highest BCUT2D eigenvalue weighted by molar-refractivity contribution is 6.43. The van der Waals surface area contributed by atoms with Gasteiger partial charge in [0, 0.05) is 13.2 Å². The van der Waals surface area contributed by atoms with Crippen LogP contribution in [-0.2, 0) is 11.3 Å². The second kappa shape index (κ2) is 7.91. The maximum absolute atomic E-state index is 6.16. The Morgan fingerprint density at radius 2 is 1.96 bits per heavy atom. The Morgan fingerprint density at radius 3 is 2.70 bits per heavy atom. The molecule has 1 saturated heterocycles. The molecule has 122 valence electrons. The number of hydrogen-bond acceptors (Lipinski definition) is 3. The molecule has 0 radical (unpaired) electrons. The molecule has 1 N–H and O–H groups in total. The van der Waals surface area contributed by atoms with E-state index in [4.69, 9.17) is 32.7 Å². The summed E-state index contributed by atoms with van der Waals surface area (Å²) < 4.78 is 11.3. The molecule has 3 rings (SSSR count). The quantitative estimate of drug-likeness (QED) is 0.779. The number of nitrogens with one attached hydrogen (secondary N) is 1. The highest BCUT2D eigenvalue weighted by Gasteiger charge is 2.15. The van der Waals surface area contributed by atoms with Crippen LogP contribution in [0, 0.1) is 0 Å². The number of benzene rings is 2. The second-order valence-corrected chi connectivity index (χ2v) is 6.33. The second-order valence-electron chi connectivity index (χ2n) is 5.54. The van der Waals surface area contributed by atoms with Gasteiger partial charge in [-0.3, -0.25) is 0 Å². The fourth-order valence-electron chi connectivity index (χ4n) is 2.51. The van der Waals surface area contributed by atoms with E-state index in [1.807, 2.05) is 36.4 Å². The fraction of sp³-hybridized carbons (Fsp3) is 0.333. The van der Waals surface area contributed by atoms with E-state index in [-0.39, 0.29) is 6.10 Å². The zero-order valence-corrected chi connectivity index (χ0v) is 14.2. The molecule has 1 heterocycles. The lowest BCUT2D eigenvalue weighted by Gasteiger charge is -2.12. The van der Waals surface area contributed by atoms with E-state index in [1.54, 1.807) is 6.07 Å². The molecule has 2 aromatic carbocycles. The molecule has 1 aliphatic heterocycles. The molecule has 0 saturated carbocycles. The van der Waals surface area contributed by atoms with Crippen LogP contribution in [0.4, 0.5) is 5.69 Å². The molecule has 0 aromatic heterocycles. The Morgan fingerprint density at radius 1 is 1.13 bits per heavy atom. The van der Waals surface area contributed by atoms with Gasteiger partial charge in [0.05, 0.1) is 21.8 Å². The third-order valence-electron chi connectivity index (χ3n) is 3.82. The Kier molecular flexibility index (Phi) is 5.65. The van der Waals surface area contributed by atoms with Crippen LogP contribution < -0.4 is 10.1 Å². The van der Waals surface area contributed by atoms with Gasteiger partial charge in [-0.15, -0.1) is 0 Å². The van der Waals surface area contributed by atoms with Crippen LogP contribution in [0.5, 0.6) is 5.75 Å². The van der Waals surface area contributed by atoms with Crippen molar-refractivity contribution in [1.29, 1.82) is 0 Å². The van der Waals surface area contributed by atoms with Crippen LogP contribution in [0.3, 0.4) is 0 Å². The van der Waals surface area contributed by atoms with Gasteiger partial charge in [0.1, 0.15) is 12.4 Å². The third kappa shape index (κ3) is 4.54. The number of halogens is 2. The van der Waals surface area contributed by atoms with Gasteiger partial charge in [-0.05, 0) is 42.7 Å². The number of rotatable bonds is 6. The summed E-state index contributed by atoms with van der Waals surface area (Å²) in [5.41, 5.74) is 1.98. The minimum atomic E-state index is 0.237. The van der Waals surface area contributed by atoms with Gasteiger partial charge >= 0.3 is 0 Å². The van der Waals surface area contributed by atoms with Crippen molar-refractivity contribution in [2.24, 2.45) is 0 Å². The largest absolute Gasteiger partial charge is 0.491 e. The van der Waals surface area contributed by atoms with Crippen molar-refractivity contribution < 1.29 is 9.47 Å². The highest BCUT2D eigenvalue weighted by atomic mass is 35.5. The first-order chi connectivity index (χ1) is 11.2. The molecule has 0 aliphatic carbocycles. The lowest BCUT2D eigenvalue weighted by atomic mass is 10.2. The van der Waals surface area contributed by atoms with Gasteiger partial charge in [0.2, 0.25) is 0 Å². The van der Waals surface area contributed by atoms with E-state index in [9.17, 15) is 0 Å². The molecular weight excluding hydrogens is 333 g/mol. The monoisotopic (exact) mass is 351 g/mol. The van der Waals surface area contributed by atoms with Gasteiger partial charge in [-0.2, -0.15) is 0 Å². The van der Waals surface area contributed by atoms with E-state index >= 15 is 0 Å². The van der Waals surface area contributed by atoms with Gasteiger partial charge in [-0.25, -0.2) is 0 Å². The van der Waals surface area contributed by atoms with Crippen molar-refractivity contribution in [3.8, 4) is 5.75 Å². The zero-order chi connectivity index (χ0) is 16.1. The summed E-state index contributed by atoms with van der Waals surface area (Å²) in [5.74, 6) is 0.866. The summed E-state index contributed by atoms with van der Waals surface area (Å²) in [6.45, 7) is 2.15. The number of anilines is 1. The van der Waals surface area contributed by atoms with Crippen molar-refractivity contribution >= 4 is 28.9 Å². The first kappa shape index (κ1) is 16.4. The van der Waals surface area contributed by atoms with Gasteiger partial charge < -0.3 is 14.8 Å². The maximum Gasteiger partial charge on any atom is 0.119 e. The Hall–Kier alpha value is -1.42. The molecule has 0 spiro atoms. The van der Waals surface area contributed by atoms with Gasteiger partial charge in [0.25, 0.3) is 0 Å². The molecule has 2 aromatic rings. The van der Waals surface area contributed by atoms with Crippen molar-refractivity contribution in [3.63, 3.8) is 0 Å². The lowest BCUT2D eigenvalue weighted by molar-refractivity contribution is 0.0679. The van der Waals surface area contributed by atoms with Crippen LogP contribution in [0.2, 0.25) is 10.0 Å². The predicted molar refractivity (Wildman–Crippen MR) is 94.7 cm³/mol. The van der Waals surface area contributed by atoms with Gasteiger partial charge in [-0.1, -0.05) is 41.4 Å². The topological polar surface area (TPSA) is 30.5 Å². The van der Waals surface area contributed by atoms with Crippen molar-refractivity contribution in [2.45, 2.75) is 25.5 Å². The Labute approximate surface area is 146 Å². The molecule has 1 fully saturated rings. The summed E-state index contributed by atoms with van der Waals surface area (Å²) in [7, 11) is 0. The lowest BCUT2D eigenvalue weighted by Crippen LogP contribution is -2.16. The maximum atomic E-state index is 6.16. The Bertz CT molecular complexity index is 640. The van der Waals surface area contributed by atoms with E-state index in [0.29, 0.717) is 23.2 Å². The minimum absolute atomic E-state index is 0.237. The van der Waals surface area contributed by atoms with Crippen LogP contribution in [-0.4, -0.2) is 19.3 Å². The third-order valence-corrected chi connectivity index (χ3v) is 4.64. The van der Waals surface area contributed by atoms with E-state index < -0.39 is 0 Å². The predicted octanol–water partition coefficient (Wildman–Crippen LogP) is 5.16. The molecular formula is C18H19Cl2NO2. The average molecular weight is 352 g/mol. The molecule has 3 nitrogen and oxygen atoms in total. The fourth-order valence-corrected chi connectivity index (χ4v) is 2.87. The van der Waals surface area contributed by atoms with Crippen LogP contribution in [0.15, 0.2) is 42.5 Å². The molecule has 5 heteroatoms. The normalized spacial score (nSPS) is 17.2. The summed E-state index contributed by atoms with van der Waals surface area (Å²) in [6.07, 6.45) is 2.45. The smallest absolute Gasteiger partial charge is 0.119 e. The SMILES string of the molecule is Clc1cccc(NCc2ccc(OCC3CCCO3)cc2)c1Cl. The van der Waals surface area contributed by atoms with Crippen molar-refractivity contribution in [1.82, 2.24) is 0 Å². The molecule has 0 bridgehead atoms.